The van der Waals surface area contributed by atoms with Gasteiger partial charge in [-0.3, -0.25) is 19.2 Å². The van der Waals surface area contributed by atoms with Gasteiger partial charge < -0.3 is 20.4 Å². The molecule has 8 nitrogen and oxygen atoms in total. The van der Waals surface area contributed by atoms with Crippen LogP contribution in [-0.4, -0.2) is 44.3 Å². The van der Waals surface area contributed by atoms with Crippen LogP contribution in [-0.2, 0) is 19.2 Å². The second-order valence-electron chi connectivity index (χ2n) is 5.22. The third kappa shape index (κ3) is 6.55. The quantitative estimate of drug-likeness (QED) is 0.396. The summed E-state index contributed by atoms with van der Waals surface area (Å²) >= 11 is 0. The fourth-order valence-electron chi connectivity index (χ4n) is 2.39. The highest BCUT2D eigenvalue weighted by atomic mass is 16.4. The van der Waals surface area contributed by atoms with Crippen LogP contribution in [0.4, 0.5) is 0 Å². The van der Waals surface area contributed by atoms with Gasteiger partial charge in [-0.1, -0.05) is 26.2 Å². The molecule has 126 valence electrons. The molecule has 0 bridgehead atoms. The van der Waals surface area contributed by atoms with Gasteiger partial charge in [0, 0.05) is 0 Å². The monoisotopic (exact) mass is 318 g/mol. The van der Waals surface area contributed by atoms with Gasteiger partial charge in [0.25, 0.3) is 0 Å². The molecule has 0 heterocycles. The molecule has 0 aromatic rings. The molecule has 0 aliphatic rings. The summed E-state index contributed by atoms with van der Waals surface area (Å²) in [6, 6.07) is 0. The highest BCUT2D eigenvalue weighted by Crippen LogP contribution is 2.26. The predicted octanol–water partition coefficient (Wildman–Crippen LogP) is 1.53. The van der Waals surface area contributed by atoms with Crippen LogP contribution in [0.15, 0.2) is 0 Å². The van der Waals surface area contributed by atoms with E-state index in [4.69, 9.17) is 20.4 Å². The number of hydrogen-bond acceptors (Lipinski definition) is 4. The van der Waals surface area contributed by atoms with Gasteiger partial charge in [-0.15, -0.1) is 0 Å². The van der Waals surface area contributed by atoms with E-state index in [0.29, 0.717) is 12.8 Å². The lowest BCUT2D eigenvalue weighted by molar-refractivity contribution is -0.159. The van der Waals surface area contributed by atoms with Crippen LogP contribution >= 0.6 is 0 Å². The summed E-state index contributed by atoms with van der Waals surface area (Å²) in [5.41, 5.74) is 0. The Balaban J connectivity index is 4.78. The van der Waals surface area contributed by atoms with Crippen molar-refractivity contribution in [2.45, 2.75) is 45.4 Å². The minimum absolute atomic E-state index is 0.148. The highest BCUT2D eigenvalue weighted by Gasteiger charge is 2.34. The van der Waals surface area contributed by atoms with Crippen LogP contribution in [0.1, 0.15) is 45.4 Å². The molecule has 8 heteroatoms. The number of unbranched alkanes of at least 4 members (excludes halogenated alkanes) is 1. The van der Waals surface area contributed by atoms with Crippen molar-refractivity contribution in [3.8, 4) is 0 Å². The third-order valence-corrected chi connectivity index (χ3v) is 3.60. The molecule has 22 heavy (non-hydrogen) atoms. The van der Waals surface area contributed by atoms with Gasteiger partial charge >= 0.3 is 23.9 Å². The van der Waals surface area contributed by atoms with Crippen molar-refractivity contribution in [1.82, 2.24) is 0 Å². The zero-order valence-electron chi connectivity index (χ0n) is 12.4. The van der Waals surface area contributed by atoms with Gasteiger partial charge in [-0.05, 0) is 25.2 Å². The van der Waals surface area contributed by atoms with Crippen molar-refractivity contribution in [2.75, 3.05) is 0 Å². The average molecular weight is 318 g/mol. The van der Waals surface area contributed by atoms with Gasteiger partial charge in [0.15, 0.2) is 11.8 Å². The lowest BCUT2D eigenvalue weighted by Crippen LogP contribution is -2.31. The molecule has 0 rings (SSSR count). The fraction of sp³-hybridized carbons (Fsp3) is 0.714. The van der Waals surface area contributed by atoms with E-state index in [9.17, 15) is 19.2 Å². The Labute approximate surface area is 127 Å². The highest BCUT2D eigenvalue weighted by molar-refractivity contribution is 5.93. The first-order chi connectivity index (χ1) is 10.2. The molecule has 0 aliphatic carbocycles. The molecule has 0 fully saturated rings. The lowest BCUT2D eigenvalue weighted by Gasteiger charge is -2.21. The first-order valence-corrected chi connectivity index (χ1v) is 7.13. The normalized spacial score (nSPS) is 12.3. The summed E-state index contributed by atoms with van der Waals surface area (Å²) < 4.78 is 0. The fourth-order valence-corrected chi connectivity index (χ4v) is 2.39. The Morgan fingerprint density at radius 3 is 1.55 bits per heavy atom. The first kappa shape index (κ1) is 19.9. The van der Waals surface area contributed by atoms with E-state index in [2.05, 4.69) is 0 Å². The van der Waals surface area contributed by atoms with E-state index in [1.54, 1.807) is 0 Å². The molecule has 1 unspecified atom stereocenters. The van der Waals surface area contributed by atoms with Crippen molar-refractivity contribution < 1.29 is 39.6 Å². The second kappa shape index (κ2) is 9.75. The second-order valence-corrected chi connectivity index (χ2v) is 5.22. The van der Waals surface area contributed by atoms with Gasteiger partial charge in [0.05, 0.1) is 0 Å². The average Bonchev–Trinajstić information content (AvgIpc) is 2.38. The van der Waals surface area contributed by atoms with Crippen LogP contribution in [0, 0.1) is 17.8 Å². The molecule has 0 amide bonds. The number of aliphatic carboxylic acids is 4. The van der Waals surface area contributed by atoms with Crippen LogP contribution in [0.3, 0.4) is 0 Å². The summed E-state index contributed by atoms with van der Waals surface area (Å²) in [6.45, 7) is 1.89. The largest absolute Gasteiger partial charge is 0.481 e. The molecule has 0 aliphatic heterocycles. The zero-order valence-corrected chi connectivity index (χ0v) is 12.4. The summed E-state index contributed by atoms with van der Waals surface area (Å²) in [6.07, 6.45) is 1.98. The van der Waals surface area contributed by atoms with Crippen molar-refractivity contribution in [1.29, 1.82) is 0 Å². The van der Waals surface area contributed by atoms with Crippen molar-refractivity contribution in [3.63, 3.8) is 0 Å². The van der Waals surface area contributed by atoms with Crippen LogP contribution < -0.4 is 0 Å². The summed E-state index contributed by atoms with van der Waals surface area (Å²) in [5, 5.41) is 35.6. The SMILES string of the molecule is CCCCC(CCCC(C(=O)O)C(=O)O)C(C(=O)O)C(=O)O. The number of hydrogen-bond donors (Lipinski definition) is 4. The van der Waals surface area contributed by atoms with E-state index < -0.39 is 41.6 Å². The Morgan fingerprint density at radius 1 is 0.727 bits per heavy atom. The third-order valence-electron chi connectivity index (χ3n) is 3.60. The summed E-state index contributed by atoms with van der Waals surface area (Å²) in [4.78, 5) is 43.7. The molecular weight excluding hydrogens is 296 g/mol. The Bertz CT molecular complexity index is 389. The summed E-state index contributed by atoms with van der Waals surface area (Å²) in [7, 11) is 0. The Kier molecular flexibility index (Phi) is 8.81. The molecule has 1 atom stereocenters. The molecule has 0 aromatic carbocycles. The van der Waals surface area contributed by atoms with Crippen molar-refractivity contribution >= 4 is 23.9 Å². The van der Waals surface area contributed by atoms with Gasteiger partial charge in [-0.25, -0.2) is 0 Å². The van der Waals surface area contributed by atoms with Crippen molar-refractivity contribution in [2.24, 2.45) is 17.8 Å². The smallest absolute Gasteiger partial charge is 0.318 e. The van der Waals surface area contributed by atoms with Crippen LogP contribution in [0.5, 0.6) is 0 Å². The maximum Gasteiger partial charge on any atom is 0.318 e. The topological polar surface area (TPSA) is 149 Å². The molecule has 0 spiro atoms. The standard InChI is InChI=1S/C14H22O8/c1-2-3-5-8(10(13(19)20)14(21)22)6-4-7-9(11(15)16)12(17)18/h8-10H,2-7H2,1H3,(H,15,16)(H,17,18)(H,19,20)(H,21,22). The minimum Gasteiger partial charge on any atom is -0.481 e. The number of carboxylic acid groups (broad SMARTS) is 4. The Hall–Kier alpha value is -2.12. The number of carbonyl (C=O) groups is 4. The predicted molar refractivity (Wildman–Crippen MR) is 74.4 cm³/mol. The van der Waals surface area contributed by atoms with Crippen LogP contribution in [0.25, 0.3) is 0 Å². The maximum absolute atomic E-state index is 11.1. The van der Waals surface area contributed by atoms with Crippen molar-refractivity contribution in [3.05, 3.63) is 0 Å². The molecule has 0 aromatic heterocycles. The summed E-state index contributed by atoms with van der Waals surface area (Å²) in [5.74, 6) is -9.52. The van der Waals surface area contributed by atoms with E-state index in [0.717, 1.165) is 6.42 Å². The molecule has 0 saturated heterocycles. The van der Waals surface area contributed by atoms with Gasteiger partial charge in [0.1, 0.15) is 0 Å². The van der Waals surface area contributed by atoms with Crippen LogP contribution in [0.2, 0.25) is 0 Å². The van der Waals surface area contributed by atoms with E-state index in [1.807, 2.05) is 6.92 Å². The van der Waals surface area contributed by atoms with Gasteiger partial charge in [-0.2, -0.15) is 0 Å². The molecule has 0 radical (unpaired) electrons. The molecule has 4 N–H and O–H groups in total. The Morgan fingerprint density at radius 2 is 1.18 bits per heavy atom. The van der Waals surface area contributed by atoms with E-state index in [1.165, 1.54) is 0 Å². The molecular formula is C14H22O8. The van der Waals surface area contributed by atoms with Gasteiger partial charge in [0.2, 0.25) is 0 Å². The van der Waals surface area contributed by atoms with E-state index in [-0.39, 0.29) is 19.3 Å². The van der Waals surface area contributed by atoms with E-state index >= 15 is 0 Å². The zero-order chi connectivity index (χ0) is 17.3. The number of carboxylic acids is 4. The maximum atomic E-state index is 11.1. The lowest BCUT2D eigenvalue weighted by atomic mass is 9.83. The first-order valence-electron chi connectivity index (χ1n) is 7.13. The molecule has 0 saturated carbocycles. The minimum atomic E-state index is -1.56. The number of rotatable bonds is 12.